The van der Waals surface area contributed by atoms with E-state index in [1.807, 2.05) is 18.7 Å². The van der Waals surface area contributed by atoms with E-state index in [4.69, 9.17) is 0 Å². The van der Waals surface area contributed by atoms with Crippen molar-refractivity contribution in [3.63, 3.8) is 0 Å². The Bertz CT molecular complexity index is 208. The van der Waals surface area contributed by atoms with Gasteiger partial charge in [-0.3, -0.25) is 4.79 Å². The summed E-state index contributed by atoms with van der Waals surface area (Å²) >= 11 is 0. The van der Waals surface area contributed by atoms with Crippen LogP contribution in [0, 0.1) is 0 Å². The molecule has 1 fully saturated rings. The zero-order valence-electron chi connectivity index (χ0n) is 10.9. The predicted molar refractivity (Wildman–Crippen MR) is 66.5 cm³/mol. The fourth-order valence-electron chi connectivity index (χ4n) is 2.06. The topological polar surface area (TPSA) is 26.8 Å². The molecule has 0 aromatic rings. The maximum atomic E-state index is 11.8. The molecule has 0 aliphatic carbocycles. The van der Waals surface area contributed by atoms with Crippen LogP contribution in [0.15, 0.2) is 0 Å². The highest BCUT2D eigenvalue weighted by Crippen LogP contribution is 2.02. The Balaban J connectivity index is 2.21. The van der Waals surface area contributed by atoms with Crippen LogP contribution >= 0.6 is 0 Å². The largest absolute Gasteiger partial charge is 0.343 e. The summed E-state index contributed by atoms with van der Waals surface area (Å²) in [5, 5.41) is 0. The summed E-state index contributed by atoms with van der Waals surface area (Å²) in [6.07, 6.45) is 0.672. The molecule has 1 saturated heterocycles. The maximum Gasteiger partial charge on any atom is 0.223 e. The maximum absolute atomic E-state index is 11.8. The molecule has 1 aliphatic heterocycles. The third-order valence-electron chi connectivity index (χ3n) is 3.35. The molecule has 0 aromatic heterocycles. The van der Waals surface area contributed by atoms with Gasteiger partial charge in [0.15, 0.2) is 0 Å². The highest BCUT2D eigenvalue weighted by molar-refractivity contribution is 5.76. The monoisotopic (exact) mass is 227 g/mol. The number of nitrogens with zero attached hydrogens (tertiary/aromatic N) is 3. The van der Waals surface area contributed by atoms with Crippen molar-refractivity contribution < 1.29 is 4.79 Å². The summed E-state index contributed by atoms with van der Waals surface area (Å²) in [4.78, 5) is 18.4. The number of hydrogen-bond donors (Lipinski definition) is 0. The van der Waals surface area contributed by atoms with Crippen LogP contribution in [-0.2, 0) is 4.79 Å². The first-order valence-corrected chi connectivity index (χ1v) is 6.36. The van der Waals surface area contributed by atoms with Gasteiger partial charge in [0.2, 0.25) is 5.91 Å². The van der Waals surface area contributed by atoms with Crippen LogP contribution in [0.4, 0.5) is 0 Å². The van der Waals surface area contributed by atoms with E-state index < -0.39 is 0 Å². The minimum Gasteiger partial charge on any atom is -0.343 e. The number of carbonyl (C=O) groups is 1. The molecule has 4 heteroatoms. The van der Waals surface area contributed by atoms with Crippen LogP contribution in [0.3, 0.4) is 0 Å². The molecule has 0 spiro atoms. The molecule has 0 radical (unpaired) electrons. The molecular formula is C12H25N3O. The van der Waals surface area contributed by atoms with E-state index in [2.05, 4.69) is 16.8 Å². The zero-order chi connectivity index (χ0) is 12.0. The molecule has 0 aromatic carbocycles. The molecule has 0 bridgehead atoms. The Morgan fingerprint density at radius 2 is 1.69 bits per heavy atom. The van der Waals surface area contributed by atoms with Gasteiger partial charge in [-0.05, 0) is 20.9 Å². The van der Waals surface area contributed by atoms with E-state index in [1.165, 1.54) is 0 Å². The highest BCUT2D eigenvalue weighted by Gasteiger charge is 2.16. The molecule has 94 valence electrons. The average Bonchev–Trinajstić information content (AvgIpc) is 2.30. The third kappa shape index (κ3) is 4.10. The van der Waals surface area contributed by atoms with Crippen molar-refractivity contribution >= 4 is 5.91 Å². The second-order valence-electron chi connectivity index (χ2n) is 4.46. The van der Waals surface area contributed by atoms with Crippen LogP contribution in [-0.4, -0.2) is 73.5 Å². The van der Waals surface area contributed by atoms with Gasteiger partial charge in [-0.25, -0.2) is 0 Å². The van der Waals surface area contributed by atoms with E-state index >= 15 is 0 Å². The van der Waals surface area contributed by atoms with Crippen molar-refractivity contribution in [1.82, 2.24) is 14.7 Å². The number of rotatable bonds is 5. The first kappa shape index (κ1) is 13.5. The first-order valence-electron chi connectivity index (χ1n) is 6.36. The Kier molecular flexibility index (Phi) is 5.77. The van der Waals surface area contributed by atoms with Gasteiger partial charge in [0.25, 0.3) is 0 Å². The van der Waals surface area contributed by atoms with Crippen LogP contribution < -0.4 is 0 Å². The second-order valence-corrected chi connectivity index (χ2v) is 4.46. The van der Waals surface area contributed by atoms with Gasteiger partial charge in [0, 0.05) is 52.2 Å². The zero-order valence-corrected chi connectivity index (χ0v) is 10.9. The lowest BCUT2D eigenvalue weighted by molar-refractivity contribution is -0.131. The van der Waals surface area contributed by atoms with E-state index in [9.17, 15) is 4.79 Å². The third-order valence-corrected chi connectivity index (χ3v) is 3.35. The Hall–Kier alpha value is -0.610. The Labute approximate surface area is 99.2 Å². The fraction of sp³-hybridized carbons (Fsp3) is 0.917. The lowest BCUT2D eigenvalue weighted by Gasteiger charge is -2.32. The summed E-state index contributed by atoms with van der Waals surface area (Å²) in [7, 11) is 2.15. The van der Waals surface area contributed by atoms with E-state index in [0.717, 1.165) is 45.8 Å². The molecule has 1 rings (SSSR count). The number of likely N-dealkylation sites (N-methyl/N-ethyl adjacent to an activating group) is 1. The smallest absolute Gasteiger partial charge is 0.223 e. The predicted octanol–water partition coefficient (Wildman–Crippen LogP) is 0.492. The van der Waals surface area contributed by atoms with Crippen LogP contribution in [0.5, 0.6) is 0 Å². The Morgan fingerprint density at radius 3 is 2.19 bits per heavy atom. The van der Waals surface area contributed by atoms with Gasteiger partial charge >= 0.3 is 0 Å². The van der Waals surface area contributed by atoms with Gasteiger partial charge in [-0.2, -0.15) is 0 Å². The quantitative estimate of drug-likeness (QED) is 0.684. The SMILES string of the molecule is CCN(CC)C(=O)CCN1CCN(C)CC1. The van der Waals surface area contributed by atoms with E-state index in [1.54, 1.807) is 0 Å². The van der Waals surface area contributed by atoms with Crippen LogP contribution in [0.25, 0.3) is 0 Å². The molecular weight excluding hydrogens is 202 g/mol. The molecule has 1 heterocycles. The number of hydrogen-bond acceptors (Lipinski definition) is 3. The number of carbonyl (C=O) groups excluding carboxylic acids is 1. The molecule has 0 saturated carbocycles. The van der Waals surface area contributed by atoms with Crippen molar-refractivity contribution in [3.05, 3.63) is 0 Å². The standard InChI is InChI=1S/C12H25N3O/c1-4-15(5-2)12(16)6-7-14-10-8-13(3)9-11-14/h4-11H2,1-3H3. The van der Waals surface area contributed by atoms with Gasteiger partial charge in [0.05, 0.1) is 0 Å². The minimum absolute atomic E-state index is 0.295. The van der Waals surface area contributed by atoms with Gasteiger partial charge < -0.3 is 14.7 Å². The lowest BCUT2D eigenvalue weighted by atomic mass is 10.3. The van der Waals surface area contributed by atoms with Crippen molar-refractivity contribution in [1.29, 1.82) is 0 Å². The molecule has 1 amide bonds. The van der Waals surface area contributed by atoms with Crippen molar-refractivity contribution in [2.45, 2.75) is 20.3 Å². The van der Waals surface area contributed by atoms with E-state index in [-0.39, 0.29) is 0 Å². The molecule has 16 heavy (non-hydrogen) atoms. The molecule has 0 N–H and O–H groups in total. The first-order chi connectivity index (χ1) is 7.67. The normalized spacial score (nSPS) is 18.7. The number of amides is 1. The minimum atomic E-state index is 0.295. The molecule has 1 aliphatic rings. The average molecular weight is 227 g/mol. The molecule has 0 unspecified atom stereocenters. The lowest BCUT2D eigenvalue weighted by Crippen LogP contribution is -2.45. The summed E-state index contributed by atoms with van der Waals surface area (Å²) < 4.78 is 0. The van der Waals surface area contributed by atoms with Gasteiger partial charge in [-0.1, -0.05) is 0 Å². The van der Waals surface area contributed by atoms with E-state index in [0.29, 0.717) is 12.3 Å². The van der Waals surface area contributed by atoms with Crippen LogP contribution in [0.2, 0.25) is 0 Å². The van der Waals surface area contributed by atoms with Crippen molar-refractivity contribution in [2.75, 3.05) is 52.9 Å². The van der Waals surface area contributed by atoms with Crippen LogP contribution in [0.1, 0.15) is 20.3 Å². The fourth-order valence-corrected chi connectivity index (χ4v) is 2.06. The van der Waals surface area contributed by atoms with Crippen molar-refractivity contribution in [3.8, 4) is 0 Å². The Morgan fingerprint density at radius 1 is 1.12 bits per heavy atom. The summed E-state index contributed by atoms with van der Waals surface area (Å²) in [5.41, 5.74) is 0. The molecule has 0 atom stereocenters. The van der Waals surface area contributed by atoms with Gasteiger partial charge in [-0.15, -0.1) is 0 Å². The van der Waals surface area contributed by atoms with Gasteiger partial charge in [0.1, 0.15) is 0 Å². The number of piperazine rings is 1. The molecule has 4 nitrogen and oxygen atoms in total. The second kappa shape index (κ2) is 6.86. The summed E-state index contributed by atoms with van der Waals surface area (Å²) in [5.74, 6) is 0.295. The summed E-state index contributed by atoms with van der Waals surface area (Å²) in [6, 6.07) is 0. The summed E-state index contributed by atoms with van der Waals surface area (Å²) in [6.45, 7) is 11.1. The van der Waals surface area contributed by atoms with Crippen molar-refractivity contribution in [2.24, 2.45) is 0 Å². The highest BCUT2D eigenvalue weighted by atomic mass is 16.2.